The van der Waals surface area contributed by atoms with E-state index in [0.29, 0.717) is 0 Å². The lowest BCUT2D eigenvalue weighted by Gasteiger charge is -2.18. The van der Waals surface area contributed by atoms with Gasteiger partial charge in [-0.05, 0) is 0 Å². The highest BCUT2D eigenvalue weighted by molar-refractivity contribution is 7.88. The summed E-state index contributed by atoms with van der Waals surface area (Å²) in [6.45, 7) is 0. The van der Waals surface area contributed by atoms with Gasteiger partial charge in [0.05, 0.1) is 0 Å². The largest absolute Gasteiger partial charge is 0.492 e. The average Bonchev–Trinajstić information content (AvgIpc) is 1.98. The van der Waals surface area contributed by atoms with Crippen molar-refractivity contribution in [2.24, 2.45) is 0 Å². The van der Waals surface area contributed by atoms with Crippen LogP contribution in [0.1, 0.15) is 0 Å². The van der Waals surface area contributed by atoms with Gasteiger partial charge in [0.2, 0.25) is 0 Å². The van der Waals surface area contributed by atoms with Crippen LogP contribution in [0.4, 0.5) is 35.1 Å². The summed E-state index contributed by atoms with van der Waals surface area (Å²) in [5.74, 6) is -3.71. The van der Waals surface area contributed by atoms with E-state index in [1.54, 1.807) is 0 Å². The van der Waals surface area contributed by atoms with Gasteiger partial charge in [-0.3, -0.25) is 0 Å². The van der Waals surface area contributed by atoms with Gasteiger partial charge in [-0.2, -0.15) is 43.5 Å². The van der Waals surface area contributed by atoms with Gasteiger partial charge in [0.25, 0.3) is 0 Å². The third-order valence-corrected chi connectivity index (χ3v) is 2.29. The number of rotatable bonds is 2. The topological polar surface area (TPSA) is 60.4 Å². The van der Waals surface area contributed by atoms with Gasteiger partial charge in [0.1, 0.15) is 0 Å². The van der Waals surface area contributed by atoms with E-state index in [0.717, 1.165) is 0 Å². The molecule has 0 spiro atoms. The minimum Gasteiger partial charge on any atom is -0.333 e. The third-order valence-electron chi connectivity index (χ3n) is 1.06. The van der Waals surface area contributed by atoms with Crippen molar-refractivity contribution >= 4 is 16.1 Å². The Bertz CT molecular complexity index is 402. The summed E-state index contributed by atoms with van der Waals surface area (Å²) in [5, 5.41) is -6.64. The number of hydrogen-bond donors (Lipinski definition) is 0. The summed E-state index contributed by atoms with van der Waals surface area (Å²) in [6.07, 6.45) is -12.8. The third kappa shape index (κ3) is 3.17. The van der Waals surface area contributed by atoms with E-state index in [1.165, 1.54) is 0 Å². The molecule has 4 nitrogen and oxygen atoms in total. The molecular formula is C4F8O4S. The zero-order valence-corrected chi connectivity index (χ0v) is 7.88. The van der Waals surface area contributed by atoms with Crippen molar-refractivity contribution in [1.82, 2.24) is 0 Å². The Balaban J connectivity index is 5.28. The fourth-order valence-corrected chi connectivity index (χ4v) is 1.02. The monoisotopic (exact) mass is 296 g/mol. The second-order valence-corrected chi connectivity index (χ2v) is 3.92. The predicted molar refractivity (Wildman–Crippen MR) is 32.1 cm³/mol. The highest BCUT2D eigenvalue weighted by atomic mass is 32.2. The quantitative estimate of drug-likeness (QED) is 0.573. The molecule has 0 rings (SSSR count). The molecule has 0 aromatic rings. The lowest BCUT2D eigenvalue weighted by Crippen LogP contribution is -2.46. The molecular weight excluding hydrogens is 296 g/mol. The van der Waals surface area contributed by atoms with Crippen LogP contribution in [-0.2, 0) is 19.1 Å². The number of alkyl halides is 8. The van der Waals surface area contributed by atoms with Gasteiger partial charge in [-0.15, -0.1) is 0 Å². The first kappa shape index (κ1) is 15.9. The first-order valence-corrected chi connectivity index (χ1v) is 4.53. The molecule has 102 valence electrons. The fraction of sp³-hybridized carbons (Fsp3) is 0.750. The van der Waals surface area contributed by atoms with Crippen LogP contribution in [0.2, 0.25) is 0 Å². The van der Waals surface area contributed by atoms with Gasteiger partial charge in [0, 0.05) is 0 Å². The Labute approximate surface area is 87.3 Å². The molecule has 0 radical (unpaired) electrons. The van der Waals surface area contributed by atoms with Crippen LogP contribution in [0, 0.1) is 0 Å². The molecule has 0 saturated carbocycles. The molecule has 0 heterocycles. The summed E-state index contributed by atoms with van der Waals surface area (Å²) in [5.41, 5.74) is 0. The van der Waals surface area contributed by atoms with E-state index in [-0.39, 0.29) is 0 Å². The Morgan fingerprint density at radius 2 is 1.24 bits per heavy atom. The first-order valence-electron chi connectivity index (χ1n) is 3.12. The van der Waals surface area contributed by atoms with Crippen molar-refractivity contribution in [3.05, 3.63) is 0 Å². The second-order valence-electron chi connectivity index (χ2n) is 2.34. The molecule has 0 aromatic heterocycles. The maximum absolute atomic E-state index is 12.1. The molecule has 0 aliphatic heterocycles. The van der Waals surface area contributed by atoms with E-state index < -0.39 is 33.7 Å². The van der Waals surface area contributed by atoms with Gasteiger partial charge >= 0.3 is 33.7 Å². The molecule has 0 bridgehead atoms. The molecule has 17 heavy (non-hydrogen) atoms. The van der Waals surface area contributed by atoms with Crippen LogP contribution in [0.15, 0.2) is 0 Å². The van der Waals surface area contributed by atoms with Gasteiger partial charge < -0.3 is 4.18 Å². The number of hydrogen-bond acceptors (Lipinski definition) is 4. The highest BCUT2D eigenvalue weighted by Crippen LogP contribution is 2.41. The Hall–Kier alpha value is -1.14. The highest BCUT2D eigenvalue weighted by Gasteiger charge is 2.70. The minimum absolute atomic E-state index is 2.13. The van der Waals surface area contributed by atoms with Crippen LogP contribution in [0.3, 0.4) is 0 Å². The molecule has 0 saturated heterocycles. The van der Waals surface area contributed by atoms with Crippen molar-refractivity contribution in [2.45, 2.75) is 17.6 Å². The molecule has 0 aliphatic carbocycles. The molecule has 13 heteroatoms. The Morgan fingerprint density at radius 3 is 1.47 bits per heavy atom. The van der Waals surface area contributed by atoms with Crippen molar-refractivity contribution in [3.63, 3.8) is 0 Å². The van der Waals surface area contributed by atoms with Crippen molar-refractivity contribution < 1.29 is 52.5 Å². The van der Waals surface area contributed by atoms with Crippen LogP contribution >= 0.6 is 0 Å². The second kappa shape index (κ2) is 3.96. The number of halogens is 8. The summed E-state index contributed by atoms with van der Waals surface area (Å²) >= 11 is 0. The normalized spacial score (nSPS) is 14.6. The predicted octanol–water partition coefficient (Wildman–Crippen LogP) is 1.58. The van der Waals surface area contributed by atoms with E-state index >= 15 is 0 Å². The molecule has 0 aromatic carbocycles. The standard InChI is InChI=1S/C4F8O4S/c5-2(6,7)1(13)16-17(14,15)4(11,12)3(8,9)10. The van der Waals surface area contributed by atoms with Crippen LogP contribution in [0.5, 0.6) is 0 Å². The zero-order chi connectivity index (χ0) is 14.3. The van der Waals surface area contributed by atoms with Crippen molar-refractivity contribution in [1.29, 1.82) is 0 Å². The van der Waals surface area contributed by atoms with Gasteiger partial charge in [-0.25, -0.2) is 4.79 Å². The first-order chi connectivity index (χ1) is 7.13. The number of carbonyl (C=O) groups excluding carboxylic acids is 1. The smallest absolute Gasteiger partial charge is 0.333 e. The van der Waals surface area contributed by atoms with Gasteiger partial charge in [0.15, 0.2) is 0 Å². The molecule has 0 unspecified atom stereocenters. The molecule has 0 N–H and O–H groups in total. The summed E-state index contributed by atoms with van der Waals surface area (Å²) in [6, 6.07) is 0. The molecule has 0 amide bonds. The van der Waals surface area contributed by atoms with E-state index in [1.807, 2.05) is 0 Å². The summed E-state index contributed by atoms with van der Waals surface area (Å²) in [4.78, 5) is 9.83. The van der Waals surface area contributed by atoms with Crippen molar-refractivity contribution in [3.8, 4) is 0 Å². The van der Waals surface area contributed by atoms with E-state index in [2.05, 4.69) is 4.18 Å². The van der Waals surface area contributed by atoms with Crippen LogP contribution in [0.25, 0.3) is 0 Å². The molecule has 0 fully saturated rings. The zero-order valence-electron chi connectivity index (χ0n) is 7.06. The van der Waals surface area contributed by atoms with E-state index in [4.69, 9.17) is 0 Å². The molecule has 0 atom stereocenters. The lowest BCUT2D eigenvalue weighted by atomic mass is 10.7. The maximum atomic E-state index is 12.1. The maximum Gasteiger partial charge on any atom is 0.492 e. The minimum atomic E-state index is -7.13. The Kier molecular flexibility index (Phi) is 3.69. The molecule has 0 aliphatic rings. The lowest BCUT2D eigenvalue weighted by molar-refractivity contribution is -0.245. The SMILES string of the molecule is O=C(OS(=O)(=O)C(F)(F)C(F)(F)F)C(F)(F)F. The average molecular weight is 296 g/mol. The van der Waals surface area contributed by atoms with Crippen molar-refractivity contribution in [2.75, 3.05) is 0 Å². The van der Waals surface area contributed by atoms with E-state index in [9.17, 15) is 48.3 Å². The Morgan fingerprint density at radius 1 is 0.882 bits per heavy atom. The summed E-state index contributed by atoms with van der Waals surface area (Å²) < 4.78 is 115. The van der Waals surface area contributed by atoms with Crippen LogP contribution in [-0.4, -0.2) is 32.0 Å². The van der Waals surface area contributed by atoms with Gasteiger partial charge in [-0.1, -0.05) is 0 Å². The summed E-state index contributed by atoms with van der Waals surface area (Å²) in [7, 11) is -7.13. The van der Waals surface area contributed by atoms with Crippen LogP contribution < -0.4 is 0 Å². The number of carbonyl (C=O) groups is 1. The fourth-order valence-electron chi connectivity index (χ4n) is 0.341.